The van der Waals surface area contributed by atoms with Gasteiger partial charge in [0.25, 0.3) is 0 Å². The maximum Gasteiger partial charge on any atom is 0.223 e. The zero-order chi connectivity index (χ0) is 20.9. The summed E-state index contributed by atoms with van der Waals surface area (Å²) < 4.78 is 5.80. The van der Waals surface area contributed by atoms with E-state index in [1.165, 1.54) is 5.56 Å². The Kier molecular flexibility index (Phi) is 6.72. The first-order valence-electron chi connectivity index (χ1n) is 10.0. The Bertz CT molecular complexity index is 978. The molecule has 156 valence electrons. The maximum atomic E-state index is 12.6. The lowest BCUT2D eigenvalue weighted by molar-refractivity contribution is -0.133. The second-order valence-corrected chi connectivity index (χ2v) is 8.28. The number of halogens is 2. The first-order valence-corrected chi connectivity index (χ1v) is 10.8. The van der Waals surface area contributed by atoms with Gasteiger partial charge in [-0.25, -0.2) is 4.98 Å². The van der Waals surface area contributed by atoms with Gasteiger partial charge in [-0.3, -0.25) is 9.69 Å². The highest BCUT2D eigenvalue weighted by Gasteiger charge is 2.21. The van der Waals surface area contributed by atoms with E-state index in [4.69, 9.17) is 27.6 Å². The van der Waals surface area contributed by atoms with Crippen molar-refractivity contribution in [2.75, 3.05) is 26.2 Å². The van der Waals surface area contributed by atoms with E-state index in [1.54, 1.807) is 6.20 Å². The van der Waals surface area contributed by atoms with E-state index in [2.05, 4.69) is 22.0 Å². The minimum Gasteiger partial charge on any atom is -0.441 e. The number of aryl methyl sites for hydroxylation is 1. The summed E-state index contributed by atoms with van der Waals surface area (Å²) in [6.07, 6.45) is 2.59. The molecule has 1 fully saturated rings. The van der Waals surface area contributed by atoms with E-state index >= 15 is 0 Å². The fourth-order valence-corrected chi connectivity index (χ4v) is 3.80. The van der Waals surface area contributed by atoms with Crippen molar-refractivity contribution < 1.29 is 9.21 Å². The molecule has 30 heavy (non-hydrogen) atoms. The summed E-state index contributed by atoms with van der Waals surface area (Å²) in [6.45, 7) is 4.10. The number of benzene rings is 2. The molecule has 7 heteroatoms. The Morgan fingerprint density at radius 2 is 1.57 bits per heavy atom. The highest BCUT2D eigenvalue weighted by molar-refractivity contribution is 6.30. The van der Waals surface area contributed by atoms with Gasteiger partial charge in [-0.15, -0.1) is 0 Å². The van der Waals surface area contributed by atoms with Crippen molar-refractivity contribution >= 4 is 29.1 Å². The molecular weight excluding hydrogens is 421 g/mol. The molecule has 0 N–H and O–H groups in total. The standard InChI is InChI=1S/C23H23Cl2N3O2/c24-19-5-1-17(2-6-19)16-27-11-13-28(14-12-27)23(29)10-9-22-26-15-21(30-22)18-3-7-20(25)8-4-18/h1-8,15H,9-14,16H2. The monoisotopic (exact) mass is 443 g/mol. The lowest BCUT2D eigenvalue weighted by Crippen LogP contribution is -2.48. The zero-order valence-corrected chi connectivity index (χ0v) is 18.1. The summed E-state index contributed by atoms with van der Waals surface area (Å²) in [5.41, 5.74) is 2.15. The van der Waals surface area contributed by atoms with Crippen molar-refractivity contribution in [2.24, 2.45) is 0 Å². The molecule has 2 aromatic carbocycles. The quantitative estimate of drug-likeness (QED) is 0.541. The molecule has 0 radical (unpaired) electrons. The van der Waals surface area contributed by atoms with Crippen LogP contribution in [0.3, 0.4) is 0 Å². The van der Waals surface area contributed by atoms with Crippen molar-refractivity contribution in [3.05, 3.63) is 76.2 Å². The van der Waals surface area contributed by atoms with Crippen LogP contribution in [-0.4, -0.2) is 46.9 Å². The Hall–Kier alpha value is -2.34. The van der Waals surface area contributed by atoms with Crippen molar-refractivity contribution in [2.45, 2.75) is 19.4 Å². The SMILES string of the molecule is O=C(CCc1ncc(-c2ccc(Cl)cc2)o1)N1CCN(Cc2ccc(Cl)cc2)CC1. The lowest BCUT2D eigenvalue weighted by atomic mass is 10.2. The molecule has 2 heterocycles. The van der Waals surface area contributed by atoms with Crippen LogP contribution in [0.25, 0.3) is 11.3 Å². The number of hydrogen-bond donors (Lipinski definition) is 0. The molecule has 3 aromatic rings. The summed E-state index contributed by atoms with van der Waals surface area (Å²) in [5.74, 6) is 1.41. The summed E-state index contributed by atoms with van der Waals surface area (Å²) in [6, 6.07) is 15.3. The van der Waals surface area contributed by atoms with Gasteiger partial charge in [0.05, 0.1) is 6.20 Å². The number of hydrogen-bond acceptors (Lipinski definition) is 4. The van der Waals surface area contributed by atoms with Crippen molar-refractivity contribution in [1.82, 2.24) is 14.8 Å². The second-order valence-electron chi connectivity index (χ2n) is 7.41. The van der Waals surface area contributed by atoms with Gasteiger partial charge in [0.2, 0.25) is 5.91 Å². The highest BCUT2D eigenvalue weighted by Crippen LogP contribution is 2.23. The molecular formula is C23H23Cl2N3O2. The van der Waals surface area contributed by atoms with E-state index in [9.17, 15) is 4.79 Å². The highest BCUT2D eigenvalue weighted by atomic mass is 35.5. The van der Waals surface area contributed by atoms with Crippen LogP contribution in [0.2, 0.25) is 10.0 Å². The third-order valence-corrected chi connectivity index (χ3v) is 5.78. The fourth-order valence-electron chi connectivity index (χ4n) is 3.55. The van der Waals surface area contributed by atoms with Gasteiger partial charge in [0.15, 0.2) is 11.7 Å². The average molecular weight is 444 g/mol. The zero-order valence-electron chi connectivity index (χ0n) is 16.6. The molecule has 0 saturated carbocycles. The average Bonchev–Trinajstić information content (AvgIpc) is 3.24. The number of amides is 1. The molecule has 0 atom stereocenters. The third kappa shape index (κ3) is 5.42. The Labute approximate surface area is 186 Å². The predicted molar refractivity (Wildman–Crippen MR) is 119 cm³/mol. The Morgan fingerprint density at radius 3 is 2.23 bits per heavy atom. The van der Waals surface area contributed by atoms with Crippen LogP contribution in [0, 0.1) is 0 Å². The van der Waals surface area contributed by atoms with Crippen molar-refractivity contribution in [1.29, 1.82) is 0 Å². The molecule has 4 rings (SSSR count). The van der Waals surface area contributed by atoms with Gasteiger partial charge in [-0.2, -0.15) is 0 Å². The molecule has 0 aliphatic carbocycles. The molecule has 1 aromatic heterocycles. The molecule has 5 nitrogen and oxygen atoms in total. The summed E-state index contributed by atoms with van der Waals surface area (Å²) in [4.78, 5) is 21.2. The number of nitrogens with zero attached hydrogens (tertiary/aromatic N) is 3. The minimum atomic E-state index is 0.146. The first kappa shape index (κ1) is 20.9. The van der Waals surface area contributed by atoms with Crippen LogP contribution in [0.5, 0.6) is 0 Å². The Morgan fingerprint density at radius 1 is 0.933 bits per heavy atom. The Balaban J connectivity index is 1.23. The van der Waals surface area contributed by atoms with Gasteiger partial charge in [-0.05, 0) is 42.0 Å². The number of oxazole rings is 1. The smallest absolute Gasteiger partial charge is 0.223 e. The van der Waals surface area contributed by atoms with Crippen LogP contribution in [0.1, 0.15) is 17.9 Å². The fraction of sp³-hybridized carbons (Fsp3) is 0.304. The van der Waals surface area contributed by atoms with Crippen LogP contribution in [0.15, 0.2) is 59.1 Å². The van der Waals surface area contributed by atoms with Crippen molar-refractivity contribution in [3.63, 3.8) is 0 Å². The van der Waals surface area contributed by atoms with Gasteiger partial charge >= 0.3 is 0 Å². The number of carbonyl (C=O) groups excluding carboxylic acids is 1. The first-order chi connectivity index (χ1) is 14.6. The lowest BCUT2D eigenvalue weighted by Gasteiger charge is -2.34. The molecule has 0 unspecified atom stereocenters. The molecule has 0 bridgehead atoms. The largest absolute Gasteiger partial charge is 0.441 e. The van der Waals surface area contributed by atoms with Gasteiger partial charge in [-0.1, -0.05) is 35.3 Å². The van der Waals surface area contributed by atoms with E-state index in [-0.39, 0.29) is 5.91 Å². The minimum absolute atomic E-state index is 0.146. The van der Waals surface area contributed by atoms with Gasteiger partial charge < -0.3 is 9.32 Å². The second kappa shape index (κ2) is 9.65. The maximum absolute atomic E-state index is 12.6. The molecule has 1 amide bonds. The molecule has 1 aliphatic rings. The molecule has 1 aliphatic heterocycles. The van der Waals surface area contributed by atoms with Crippen LogP contribution >= 0.6 is 23.2 Å². The van der Waals surface area contributed by atoms with Gasteiger partial charge in [0.1, 0.15) is 0 Å². The topological polar surface area (TPSA) is 49.6 Å². The van der Waals surface area contributed by atoms with E-state index in [0.29, 0.717) is 29.5 Å². The normalized spacial score (nSPS) is 14.8. The molecule has 1 saturated heterocycles. The summed E-state index contributed by atoms with van der Waals surface area (Å²) >= 11 is 11.9. The predicted octanol–water partition coefficient (Wildman–Crippen LogP) is 4.93. The number of rotatable bonds is 6. The third-order valence-electron chi connectivity index (χ3n) is 5.28. The number of aromatic nitrogens is 1. The van der Waals surface area contributed by atoms with Crippen LogP contribution in [-0.2, 0) is 17.8 Å². The van der Waals surface area contributed by atoms with E-state index in [0.717, 1.165) is 43.3 Å². The van der Waals surface area contributed by atoms with Gasteiger partial charge in [0, 0.05) is 61.2 Å². The summed E-state index contributed by atoms with van der Waals surface area (Å²) in [7, 11) is 0. The number of carbonyl (C=O) groups is 1. The van der Waals surface area contributed by atoms with Crippen molar-refractivity contribution in [3.8, 4) is 11.3 Å². The van der Waals surface area contributed by atoms with E-state index in [1.807, 2.05) is 41.3 Å². The van der Waals surface area contributed by atoms with Crippen LogP contribution < -0.4 is 0 Å². The molecule has 0 spiro atoms. The number of piperazine rings is 1. The van der Waals surface area contributed by atoms with E-state index < -0.39 is 0 Å². The summed E-state index contributed by atoms with van der Waals surface area (Å²) in [5, 5.41) is 1.43. The van der Waals surface area contributed by atoms with Crippen LogP contribution in [0.4, 0.5) is 0 Å².